The molecule has 4 nitrogen and oxygen atoms in total. The Hall–Kier alpha value is -2.31. The normalized spacial score (nSPS) is 20.4. The van der Waals surface area contributed by atoms with E-state index in [1.165, 1.54) is 16.2 Å². The highest BCUT2D eigenvalue weighted by atomic mass is 32.2. The number of hydrogen-bond acceptors (Lipinski definition) is 4. The number of fused-ring (bicyclic) bond motifs is 4. The van der Waals surface area contributed by atoms with Crippen molar-refractivity contribution >= 4 is 29.0 Å². The van der Waals surface area contributed by atoms with Crippen molar-refractivity contribution in [2.75, 3.05) is 19.3 Å². The molecule has 2 bridgehead atoms. The van der Waals surface area contributed by atoms with Crippen LogP contribution in [0, 0.1) is 5.92 Å². The van der Waals surface area contributed by atoms with Gasteiger partial charge in [-0.2, -0.15) is 0 Å². The summed E-state index contributed by atoms with van der Waals surface area (Å²) in [4.78, 5) is 29.6. The molecular formula is C23H22N2O2S2. The number of amides is 1. The Morgan fingerprint density at radius 1 is 1.07 bits per heavy atom. The van der Waals surface area contributed by atoms with Crippen LogP contribution in [-0.4, -0.2) is 34.7 Å². The number of benzene rings is 1. The van der Waals surface area contributed by atoms with Gasteiger partial charge in [0, 0.05) is 47.8 Å². The van der Waals surface area contributed by atoms with E-state index in [0.717, 1.165) is 34.7 Å². The van der Waals surface area contributed by atoms with Gasteiger partial charge in [-0.05, 0) is 53.8 Å². The zero-order chi connectivity index (χ0) is 20.0. The number of nitrogens with zero attached hydrogens (tertiary/aromatic N) is 2. The van der Waals surface area contributed by atoms with Gasteiger partial charge in [0.25, 0.3) is 11.5 Å². The van der Waals surface area contributed by atoms with Gasteiger partial charge in [-0.25, -0.2) is 0 Å². The number of piperidine rings is 1. The standard InChI is InChI=1S/C23H22N2O2S2/c1-28-18-6-4-16(5-7-18)19-8-9-21(26)25-13-15-11-17(22(19)25)14-24(12-15)23(27)20-3-2-10-29-20/h2-10,15,17H,11-14H2,1H3. The van der Waals surface area contributed by atoms with Gasteiger partial charge in [0.1, 0.15) is 0 Å². The molecule has 2 unspecified atom stereocenters. The van der Waals surface area contributed by atoms with E-state index in [1.807, 2.05) is 33.0 Å². The minimum atomic E-state index is 0.0669. The van der Waals surface area contributed by atoms with Crippen molar-refractivity contribution in [2.24, 2.45) is 5.92 Å². The molecule has 5 rings (SSSR count). The second-order valence-corrected chi connectivity index (χ2v) is 9.62. The minimum Gasteiger partial charge on any atom is -0.337 e. The zero-order valence-electron chi connectivity index (χ0n) is 16.2. The lowest BCUT2D eigenvalue weighted by molar-refractivity contribution is 0.0600. The van der Waals surface area contributed by atoms with E-state index in [0.29, 0.717) is 19.0 Å². The molecule has 4 heterocycles. The van der Waals surface area contributed by atoms with E-state index in [-0.39, 0.29) is 17.4 Å². The Kier molecular flexibility index (Phi) is 4.84. The molecule has 0 spiro atoms. The van der Waals surface area contributed by atoms with Crippen LogP contribution in [0.3, 0.4) is 0 Å². The van der Waals surface area contributed by atoms with E-state index in [4.69, 9.17) is 0 Å². The highest BCUT2D eigenvalue weighted by Gasteiger charge is 2.38. The average molecular weight is 423 g/mol. The number of thiophene rings is 1. The molecule has 1 amide bonds. The van der Waals surface area contributed by atoms with Gasteiger partial charge in [0.15, 0.2) is 0 Å². The number of likely N-dealkylation sites (tertiary alicyclic amines) is 1. The van der Waals surface area contributed by atoms with Crippen molar-refractivity contribution in [1.29, 1.82) is 0 Å². The Morgan fingerprint density at radius 2 is 1.90 bits per heavy atom. The number of rotatable bonds is 3. The van der Waals surface area contributed by atoms with Crippen LogP contribution in [-0.2, 0) is 6.54 Å². The summed E-state index contributed by atoms with van der Waals surface area (Å²) in [5.41, 5.74) is 3.41. The first-order valence-corrected chi connectivity index (χ1v) is 12.0. The molecule has 1 fully saturated rings. The molecule has 0 radical (unpaired) electrons. The van der Waals surface area contributed by atoms with Crippen LogP contribution < -0.4 is 5.56 Å². The zero-order valence-corrected chi connectivity index (χ0v) is 17.8. The molecule has 148 valence electrons. The number of carbonyl (C=O) groups excluding carboxylic acids is 1. The quantitative estimate of drug-likeness (QED) is 0.581. The molecule has 0 N–H and O–H groups in total. The third-order valence-electron chi connectivity index (χ3n) is 6.01. The summed E-state index contributed by atoms with van der Waals surface area (Å²) in [6.07, 6.45) is 3.11. The molecule has 2 aromatic heterocycles. The molecule has 29 heavy (non-hydrogen) atoms. The topological polar surface area (TPSA) is 42.3 Å². The van der Waals surface area contributed by atoms with Gasteiger partial charge in [-0.1, -0.05) is 18.2 Å². The monoisotopic (exact) mass is 422 g/mol. The van der Waals surface area contributed by atoms with Crippen molar-refractivity contribution in [3.63, 3.8) is 0 Å². The fourth-order valence-electron chi connectivity index (χ4n) is 4.75. The number of carbonyl (C=O) groups is 1. The van der Waals surface area contributed by atoms with Crippen molar-refractivity contribution < 1.29 is 4.79 Å². The summed E-state index contributed by atoms with van der Waals surface area (Å²) in [6, 6.07) is 16.0. The van der Waals surface area contributed by atoms with Crippen LogP contribution in [0.4, 0.5) is 0 Å². The number of aromatic nitrogens is 1. The summed E-state index contributed by atoms with van der Waals surface area (Å²) in [5.74, 6) is 0.639. The molecule has 1 aromatic carbocycles. The third-order valence-corrected chi connectivity index (χ3v) is 7.61. The minimum absolute atomic E-state index is 0.0669. The van der Waals surface area contributed by atoms with Crippen molar-refractivity contribution in [2.45, 2.75) is 23.8 Å². The first kappa shape index (κ1) is 18.7. The Morgan fingerprint density at radius 3 is 2.62 bits per heavy atom. The summed E-state index contributed by atoms with van der Waals surface area (Å²) >= 11 is 3.22. The van der Waals surface area contributed by atoms with Crippen LogP contribution in [0.2, 0.25) is 0 Å². The number of hydrogen-bond donors (Lipinski definition) is 0. The van der Waals surface area contributed by atoms with Crippen LogP contribution in [0.1, 0.15) is 27.7 Å². The number of pyridine rings is 1. The van der Waals surface area contributed by atoms with Gasteiger partial charge in [-0.3, -0.25) is 9.59 Å². The molecule has 0 saturated carbocycles. The Labute approximate surface area is 178 Å². The van der Waals surface area contributed by atoms with Crippen molar-refractivity contribution in [3.8, 4) is 11.1 Å². The molecule has 2 aliphatic rings. The van der Waals surface area contributed by atoms with Gasteiger partial charge in [0.05, 0.1) is 4.88 Å². The predicted molar refractivity (Wildman–Crippen MR) is 119 cm³/mol. The predicted octanol–water partition coefficient (Wildman–Crippen LogP) is 4.56. The smallest absolute Gasteiger partial charge is 0.263 e. The van der Waals surface area contributed by atoms with Gasteiger partial charge in [-0.15, -0.1) is 23.1 Å². The summed E-state index contributed by atoms with van der Waals surface area (Å²) < 4.78 is 1.96. The largest absolute Gasteiger partial charge is 0.337 e. The summed E-state index contributed by atoms with van der Waals surface area (Å²) in [5, 5.41) is 1.95. The van der Waals surface area contributed by atoms with Crippen LogP contribution in [0.25, 0.3) is 11.1 Å². The summed E-state index contributed by atoms with van der Waals surface area (Å²) in [6.45, 7) is 2.09. The highest BCUT2D eigenvalue weighted by Crippen LogP contribution is 2.40. The Bertz CT molecular complexity index is 1100. The molecule has 6 heteroatoms. The van der Waals surface area contributed by atoms with E-state index in [2.05, 4.69) is 30.5 Å². The lowest BCUT2D eigenvalue weighted by Crippen LogP contribution is -2.49. The first-order valence-electron chi connectivity index (χ1n) is 9.85. The van der Waals surface area contributed by atoms with Crippen LogP contribution in [0.5, 0.6) is 0 Å². The maximum atomic E-state index is 13.0. The van der Waals surface area contributed by atoms with Crippen LogP contribution in [0.15, 0.2) is 63.6 Å². The van der Waals surface area contributed by atoms with Crippen molar-refractivity contribution in [3.05, 3.63) is 74.8 Å². The molecule has 2 aliphatic heterocycles. The van der Waals surface area contributed by atoms with E-state index >= 15 is 0 Å². The molecule has 0 aliphatic carbocycles. The van der Waals surface area contributed by atoms with E-state index in [1.54, 1.807) is 17.8 Å². The lowest BCUT2D eigenvalue weighted by Gasteiger charge is -2.43. The van der Waals surface area contributed by atoms with Crippen LogP contribution >= 0.6 is 23.1 Å². The van der Waals surface area contributed by atoms with E-state index in [9.17, 15) is 9.59 Å². The second-order valence-electron chi connectivity index (χ2n) is 7.80. The molecule has 1 saturated heterocycles. The fourth-order valence-corrected chi connectivity index (χ4v) is 5.85. The molecule has 2 atom stereocenters. The van der Waals surface area contributed by atoms with Crippen molar-refractivity contribution in [1.82, 2.24) is 9.47 Å². The maximum absolute atomic E-state index is 13.0. The SMILES string of the molecule is CSc1ccc(-c2ccc(=O)n3c2C2CC(CN(C(=O)c4cccs4)C2)C3)cc1. The second kappa shape index (κ2) is 7.50. The summed E-state index contributed by atoms with van der Waals surface area (Å²) in [7, 11) is 0. The van der Waals surface area contributed by atoms with Gasteiger partial charge < -0.3 is 9.47 Å². The average Bonchev–Trinajstić information content (AvgIpc) is 3.29. The third kappa shape index (κ3) is 3.34. The fraction of sp³-hybridized carbons (Fsp3) is 0.304. The lowest BCUT2D eigenvalue weighted by atomic mass is 9.80. The van der Waals surface area contributed by atoms with Gasteiger partial charge in [0.2, 0.25) is 0 Å². The highest BCUT2D eigenvalue weighted by molar-refractivity contribution is 7.98. The van der Waals surface area contributed by atoms with Gasteiger partial charge >= 0.3 is 0 Å². The maximum Gasteiger partial charge on any atom is 0.263 e. The number of thioether (sulfide) groups is 1. The van der Waals surface area contributed by atoms with E-state index < -0.39 is 0 Å². The molecular weight excluding hydrogens is 400 g/mol. The Balaban J connectivity index is 1.54. The molecule has 3 aromatic rings. The first-order chi connectivity index (χ1) is 14.1.